The predicted octanol–water partition coefficient (Wildman–Crippen LogP) is 1.86. The quantitative estimate of drug-likeness (QED) is 0.477. The van der Waals surface area contributed by atoms with E-state index in [1.165, 1.54) is 19.4 Å². The van der Waals surface area contributed by atoms with E-state index in [-0.39, 0.29) is 0 Å². The Morgan fingerprint density at radius 3 is 3.11 bits per heavy atom. The minimum atomic E-state index is 0.881. The lowest BCUT2D eigenvalue weighted by atomic mass is 10.1. The molecule has 0 radical (unpaired) electrons. The van der Waals surface area contributed by atoms with Crippen LogP contribution in [-0.4, -0.2) is 18.5 Å². The van der Waals surface area contributed by atoms with E-state index in [4.69, 9.17) is 0 Å². The molecule has 0 aromatic carbocycles. The Morgan fingerprint density at radius 2 is 2.33 bits per heavy atom. The molecule has 0 spiro atoms. The fourth-order valence-corrected chi connectivity index (χ4v) is 1.09. The van der Waals surface area contributed by atoms with Gasteiger partial charge in [0.2, 0.25) is 0 Å². The molecule has 1 heteroatoms. The molecule has 1 aliphatic rings. The number of nitrogens with zero attached hydrogens (tertiary/aromatic N) is 1. The molecule has 0 N–H and O–H groups in total. The fraction of sp³-hybridized carbons (Fsp3) is 0.750. The van der Waals surface area contributed by atoms with Gasteiger partial charge in [-0.2, -0.15) is 0 Å². The SMILES string of the molecule is CC1CC=CN(C)CC1. The van der Waals surface area contributed by atoms with Crippen LogP contribution in [0.5, 0.6) is 0 Å². The first kappa shape index (κ1) is 6.66. The zero-order valence-corrected chi connectivity index (χ0v) is 6.30. The van der Waals surface area contributed by atoms with Gasteiger partial charge in [-0.05, 0) is 25.0 Å². The highest BCUT2D eigenvalue weighted by atomic mass is 15.1. The van der Waals surface area contributed by atoms with E-state index < -0.39 is 0 Å². The van der Waals surface area contributed by atoms with Gasteiger partial charge in [0, 0.05) is 13.6 Å². The van der Waals surface area contributed by atoms with Crippen molar-refractivity contribution in [2.75, 3.05) is 13.6 Å². The van der Waals surface area contributed by atoms with Gasteiger partial charge in [0.1, 0.15) is 0 Å². The van der Waals surface area contributed by atoms with Gasteiger partial charge in [-0.3, -0.25) is 0 Å². The summed E-state index contributed by atoms with van der Waals surface area (Å²) < 4.78 is 0. The highest BCUT2D eigenvalue weighted by molar-refractivity contribution is 4.85. The minimum absolute atomic E-state index is 0.881. The molecule has 0 aliphatic carbocycles. The van der Waals surface area contributed by atoms with E-state index in [1.807, 2.05) is 0 Å². The van der Waals surface area contributed by atoms with Crippen molar-refractivity contribution in [3.05, 3.63) is 12.3 Å². The average molecular weight is 125 g/mol. The van der Waals surface area contributed by atoms with Crippen LogP contribution in [0.4, 0.5) is 0 Å². The highest BCUT2D eigenvalue weighted by Crippen LogP contribution is 2.12. The molecule has 0 saturated carbocycles. The lowest BCUT2D eigenvalue weighted by molar-refractivity contribution is 0.412. The highest BCUT2D eigenvalue weighted by Gasteiger charge is 2.03. The molecule has 1 aliphatic heterocycles. The van der Waals surface area contributed by atoms with Gasteiger partial charge < -0.3 is 4.90 Å². The normalized spacial score (nSPS) is 28.2. The Bertz CT molecular complexity index is 107. The van der Waals surface area contributed by atoms with Crippen molar-refractivity contribution < 1.29 is 0 Å². The maximum atomic E-state index is 2.31. The Labute approximate surface area is 57.4 Å². The standard InChI is InChI=1S/C8H15N/c1-8-4-3-6-9(2)7-5-8/h3,6,8H,4-5,7H2,1-2H3. The summed E-state index contributed by atoms with van der Waals surface area (Å²) in [6.45, 7) is 3.53. The molecule has 0 bridgehead atoms. The summed E-state index contributed by atoms with van der Waals surface area (Å²) in [5.41, 5.74) is 0. The van der Waals surface area contributed by atoms with Gasteiger partial charge in [-0.25, -0.2) is 0 Å². The van der Waals surface area contributed by atoms with Crippen LogP contribution in [0.15, 0.2) is 12.3 Å². The van der Waals surface area contributed by atoms with E-state index in [0.717, 1.165) is 5.92 Å². The Balaban J connectivity index is 2.39. The van der Waals surface area contributed by atoms with E-state index in [1.54, 1.807) is 0 Å². The van der Waals surface area contributed by atoms with Gasteiger partial charge in [0.25, 0.3) is 0 Å². The first-order valence-corrected chi connectivity index (χ1v) is 3.66. The van der Waals surface area contributed by atoms with Crippen LogP contribution < -0.4 is 0 Å². The van der Waals surface area contributed by atoms with Crippen molar-refractivity contribution in [3.8, 4) is 0 Å². The number of hydrogen-bond acceptors (Lipinski definition) is 1. The molecule has 1 nitrogen and oxygen atoms in total. The van der Waals surface area contributed by atoms with Crippen molar-refractivity contribution in [1.82, 2.24) is 4.90 Å². The second-order valence-electron chi connectivity index (χ2n) is 2.99. The summed E-state index contributed by atoms with van der Waals surface area (Å²) in [5, 5.41) is 0. The van der Waals surface area contributed by atoms with Crippen LogP contribution in [0.2, 0.25) is 0 Å². The second-order valence-corrected chi connectivity index (χ2v) is 2.99. The van der Waals surface area contributed by atoms with E-state index in [0.29, 0.717) is 0 Å². The molecular weight excluding hydrogens is 110 g/mol. The molecule has 1 heterocycles. The third-order valence-electron chi connectivity index (χ3n) is 1.87. The maximum Gasteiger partial charge on any atom is 0.0171 e. The minimum Gasteiger partial charge on any atom is -0.381 e. The monoisotopic (exact) mass is 125 g/mol. The van der Waals surface area contributed by atoms with Gasteiger partial charge >= 0.3 is 0 Å². The third kappa shape index (κ3) is 2.08. The molecule has 9 heavy (non-hydrogen) atoms. The summed E-state index contributed by atoms with van der Waals surface area (Å²) in [7, 11) is 2.13. The van der Waals surface area contributed by atoms with Gasteiger partial charge in [0.15, 0.2) is 0 Å². The van der Waals surface area contributed by atoms with Crippen LogP contribution in [0, 0.1) is 5.92 Å². The summed E-state index contributed by atoms with van der Waals surface area (Å²) in [6, 6.07) is 0. The van der Waals surface area contributed by atoms with Crippen molar-refractivity contribution in [1.29, 1.82) is 0 Å². The van der Waals surface area contributed by atoms with Gasteiger partial charge in [0.05, 0.1) is 0 Å². The van der Waals surface area contributed by atoms with Crippen LogP contribution in [-0.2, 0) is 0 Å². The Kier molecular flexibility index (Phi) is 2.15. The summed E-state index contributed by atoms with van der Waals surface area (Å²) >= 11 is 0. The molecule has 1 atom stereocenters. The topological polar surface area (TPSA) is 3.24 Å². The molecule has 0 saturated heterocycles. The lowest BCUT2D eigenvalue weighted by Crippen LogP contribution is -2.11. The molecule has 0 aromatic rings. The Hall–Kier alpha value is -0.460. The lowest BCUT2D eigenvalue weighted by Gasteiger charge is -2.11. The Morgan fingerprint density at radius 1 is 1.56 bits per heavy atom. The average Bonchev–Trinajstić information content (AvgIpc) is 1.97. The first-order chi connectivity index (χ1) is 4.29. The molecule has 0 amide bonds. The van der Waals surface area contributed by atoms with Crippen LogP contribution in [0.25, 0.3) is 0 Å². The van der Waals surface area contributed by atoms with Crippen molar-refractivity contribution in [2.45, 2.75) is 19.8 Å². The number of rotatable bonds is 0. The third-order valence-corrected chi connectivity index (χ3v) is 1.87. The first-order valence-electron chi connectivity index (χ1n) is 3.66. The van der Waals surface area contributed by atoms with Gasteiger partial charge in [-0.15, -0.1) is 0 Å². The van der Waals surface area contributed by atoms with E-state index >= 15 is 0 Å². The van der Waals surface area contributed by atoms with Crippen LogP contribution in [0.1, 0.15) is 19.8 Å². The van der Waals surface area contributed by atoms with Crippen molar-refractivity contribution in [2.24, 2.45) is 5.92 Å². The van der Waals surface area contributed by atoms with Crippen LogP contribution in [0.3, 0.4) is 0 Å². The molecule has 1 unspecified atom stereocenters. The van der Waals surface area contributed by atoms with Crippen molar-refractivity contribution in [3.63, 3.8) is 0 Å². The molecule has 0 fully saturated rings. The van der Waals surface area contributed by atoms with Gasteiger partial charge in [-0.1, -0.05) is 13.0 Å². The van der Waals surface area contributed by atoms with Crippen LogP contribution >= 0.6 is 0 Å². The summed E-state index contributed by atoms with van der Waals surface area (Å²) in [5.74, 6) is 0.881. The van der Waals surface area contributed by atoms with E-state index in [2.05, 4.69) is 31.1 Å². The predicted molar refractivity (Wildman–Crippen MR) is 40.2 cm³/mol. The summed E-state index contributed by atoms with van der Waals surface area (Å²) in [4.78, 5) is 2.25. The van der Waals surface area contributed by atoms with E-state index in [9.17, 15) is 0 Å². The smallest absolute Gasteiger partial charge is 0.0171 e. The zero-order chi connectivity index (χ0) is 6.69. The number of hydrogen-bond donors (Lipinski definition) is 0. The molecule has 1 rings (SSSR count). The fourth-order valence-electron chi connectivity index (χ4n) is 1.09. The maximum absolute atomic E-state index is 2.31. The molecular formula is C8H15N. The number of allylic oxidation sites excluding steroid dienone is 1. The molecule has 52 valence electrons. The molecule has 0 aromatic heterocycles. The van der Waals surface area contributed by atoms with Crippen molar-refractivity contribution >= 4 is 0 Å². The largest absolute Gasteiger partial charge is 0.381 e. The zero-order valence-electron chi connectivity index (χ0n) is 6.30. The summed E-state index contributed by atoms with van der Waals surface area (Å²) in [6.07, 6.45) is 7.04. The second kappa shape index (κ2) is 2.90.